The Morgan fingerprint density at radius 1 is 0.917 bits per heavy atom. The summed E-state index contributed by atoms with van der Waals surface area (Å²) in [4.78, 5) is 13.1. The van der Waals surface area contributed by atoms with Crippen molar-refractivity contribution in [1.29, 1.82) is 0 Å². The van der Waals surface area contributed by atoms with Crippen LogP contribution in [-0.4, -0.2) is 48.1 Å². The van der Waals surface area contributed by atoms with Gasteiger partial charge >= 0.3 is 6.01 Å². The Kier molecular flexibility index (Phi) is 4.01. The Morgan fingerprint density at radius 3 is 2.50 bits per heavy atom. The summed E-state index contributed by atoms with van der Waals surface area (Å²) in [7, 11) is 2.17. The second-order valence-corrected chi connectivity index (χ2v) is 6.08. The first-order valence-electron chi connectivity index (χ1n) is 8.21. The molecule has 0 bridgehead atoms. The van der Waals surface area contributed by atoms with Gasteiger partial charge in [-0.05, 0) is 36.7 Å². The smallest absolute Gasteiger partial charge is 0.321 e. The molecule has 2 heterocycles. The molecule has 1 saturated heterocycles. The molecular formula is C19H20N4O. The highest BCUT2D eigenvalue weighted by Crippen LogP contribution is 2.31. The van der Waals surface area contributed by atoms with Crippen molar-refractivity contribution in [3.05, 3.63) is 54.9 Å². The van der Waals surface area contributed by atoms with E-state index in [1.165, 1.54) is 16.5 Å². The highest BCUT2D eigenvalue weighted by atomic mass is 16.5. The first kappa shape index (κ1) is 14.9. The predicted molar refractivity (Wildman–Crippen MR) is 95.8 cm³/mol. The van der Waals surface area contributed by atoms with E-state index >= 15 is 0 Å². The molecule has 1 aromatic heterocycles. The number of piperazine rings is 1. The van der Waals surface area contributed by atoms with Gasteiger partial charge in [-0.25, -0.2) is 9.97 Å². The fourth-order valence-electron chi connectivity index (χ4n) is 3.07. The third-order valence-electron chi connectivity index (χ3n) is 4.43. The summed E-state index contributed by atoms with van der Waals surface area (Å²) in [5, 5.41) is 2.42. The van der Waals surface area contributed by atoms with Crippen molar-refractivity contribution in [3.63, 3.8) is 0 Å². The minimum absolute atomic E-state index is 0.369. The molecule has 3 aromatic rings. The second kappa shape index (κ2) is 6.45. The topological polar surface area (TPSA) is 41.5 Å². The molecule has 0 radical (unpaired) electrons. The number of ether oxygens (including phenoxy) is 1. The quantitative estimate of drug-likeness (QED) is 0.741. The Morgan fingerprint density at radius 2 is 1.71 bits per heavy atom. The van der Waals surface area contributed by atoms with Crippen LogP contribution >= 0.6 is 0 Å². The van der Waals surface area contributed by atoms with Crippen LogP contribution in [0.4, 0.5) is 5.69 Å². The Labute approximate surface area is 141 Å². The largest absolute Gasteiger partial charge is 0.424 e. The molecule has 0 amide bonds. The lowest BCUT2D eigenvalue weighted by Gasteiger charge is -2.34. The SMILES string of the molecule is CN1CCN(c2cccc3ccc(Oc4ncccn4)cc23)CC1. The van der Waals surface area contributed by atoms with Crippen LogP contribution in [-0.2, 0) is 0 Å². The van der Waals surface area contributed by atoms with Crippen LogP contribution in [0.25, 0.3) is 10.8 Å². The van der Waals surface area contributed by atoms with E-state index in [1.54, 1.807) is 18.5 Å². The van der Waals surface area contributed by atoms with Gasteiger partial charge in [-0.3, -0.25) is 0 Å². The number of hydrogen-bond acceptors (Lipinski definition) is 5. The lowest BCUT2D eigenvalue weighted by atomic mass is 10.1. The van der Waals surface area contributed by atoms with Gasteiger partial charge in [0.05, 0.1) is 0 Å². The maximum atomic E-state index is 5.80. The zero-order valence-electron chi connectivity index (χ0n) is 13.7. The first-order chi connectivity index (χ1) is 11.8. The maximum absolute atomic E-state index is 5.80. The van der Waals surface area contributed by atoms with Crippen LogP contribution in [0.2, 0.25) is 0 Å². The Bertz CT molecular complexity index is 829. The van der Waals surface area contributed by atoms with Gasteiger partial charge in [0.25, 0.3) is 0 Å². The standard InChI is InChI=1S/C19H20N4O/c1-22-10-12-23(13-11-22)18-5-2-4-15-6-7-16(14-17(15)18)24-19-20-8-3-9-21-19/h2-9,14H,10-13H2,1H3. The minimum Gasteiger partial charge on any atom is -0.424 e. The normalized spacial score (nSPS) is 15.6. The van der Waals surface area contributed by atoms with Crippen LogP contribution in [0.1, 0.15) is 0 Å². The van der Waals surface area contributed by atoms with Crippen molar-refractivity contribution < 1.29 is 4.74 Å². The average Bonchev–Trinajstić information content (AvgIpc) is 2.63. The average molecular weight is 320 g/mol. The second-order valence-electron chi connectivity index (χ2n) is 6.08. The van der Waals surface area contributed by atoms with Gasteiger partial charge < -0.3 is 14.5 Å². The fourth-order valence-corrected chi connectivity index (χ4v) is 3.07. The van der Waals surface area contributed by atoms with Crippen LogP contribution < -0.4 is 9.64 Å². The van der Waals surface area contributed by atoms with Crippen LogP contribution in [0.5, 0.6) is 11.8 Å². The molecular weight excluding hydrogens is 300 g/mol. The van der Waals surface area contributed by atoms with Gasteiger partial charge in [0.15, 0.2) is 0 Å². The minimum atomic E-state index is 0.369. The molecule has 122 valence electrons. The van der Waals surface area contributed by atoms with E-state index in [2.05, 4.69) is 57.1 Å². The lowest BCUT2D eigenvalue weighted by molar-refractivity contribution is 0.313. The maximum Gasteiger partial charge on any atom is 0.321 e. The van der Waals surface area contributed by atoms with Gasteiger partial charge in [-0.1, -0.05) is 18.2 Å². The van der Waals surface area contributed by atoms with Crippen molar-refractivity contribution in [2.24, 2.45) is 0 Å². The van der Waals surface area contributed by atoms with Crippen molar-refractivity contribution in [2.75, 3.05) is 38.1 Å². The van der Waals surface area contributed by atoms with Crippen LogP contribution in [0.15, 0.2) is 54.9 Å². The molecule has 2 aromatic carbocycles. The van der Waals surface area contributed by atoms with Gasteiger partial charge in [-0.2, -0.15) is 0 Å². The highest BCUT2D eigenvalue weighted by molar-refractivity contribution is 5.95. The summed E-state index contributed by atoms with van der Waals surface area (Å²) in [5.41, 5.74) is 1.26. The zero-order chi connectivity index (χ0) is 16.4. The van der Waals surface area contributed by atoms with Crippen molar-refractivity contribution in [3.8, 4) is 11.8 Å². The summed E-state index contributed by atoms with van der Waals surface area (Å²) in [6.07, 6.45) is 3.36. The number of likely N-dealkylation sites (N-methyl/N-ethyl adjacent to an activating group) is 1. The number of fused-ring (bicyclic) bond motifs is 1. The Hall–Kier alpha value is -2.66. The van der Waals surface area contributed by atoms with Crippen molar-refractivity contribution >= 4 is 16.5 Å². The predicted octanol–water partition coefficient (Wildman–Crippen LogP) is 3.17. The molecule has 0 N–H and O–H groups in total. The molecule has 4 rings (SSSR count). The molecule has 0 saturated carbocycles. The van der Waals surface area contributed by atoms with Crippen molar-refractivity contribution in [1.82, 2.24) is 14.9 Å². The van der Waals surface area contributed by atoms with Gasteiger partial charge in [0.2, 0.25) is 0 Å². The Balaban J connectivity index is 1.68. The number of benzene rings is 2. The first-order valence-corrected chi connectivity index (χ1v) is 8.21. The molecule has 0 unspecified atom stereocenters. The van der Waals surface area contributed by atoms with E-state index in [1.807, 2.05) is 6.07 Å². The summed E-state index contributed by atoms with van der Waals surface area (Å²) in [6, 6.07) is 14.7. The lowest BCUT2D eigenvalue weighted by Crippen LogP contribution is -2.44. The summed E-state index contributed by atoms with van der Waals surface area (Å²) in [5.74, 6) is 0.760. The summed E-state index contributed by atoms with van der Waals surface area (Å²) in [6.45, 7) is 4.26. The van der Waals surface area contributed by atoms with Crippen LogP contribution in [0, 0.1) is 0 Å². The number of nitrogens with zero attached hydrogens (tertiary/aromatic N) is 4. The summed E-state index contributed by atoms with van der Waals surface area (Å²) < 4.78 is 5.80. The zero-order valence-corrected chi connectivity index (χ0v) is 13.7. The number of rotatable bonds is 3. The molecule has 5 nitrogen and oxygen atoms in total. The number of anilines is 1. The van der Waals surface area contributed by atoms with E-state index < -0.39 is 0 Å². The van der Waals surface area contributed by atoms with Crippen molar-refractivity contribution in [2.45, 2.75) is 0 Å². The monoisotopic (exact) mass is 320 g/mol. The molecule has 1 aliphatic rings. The van der Waals surface area contributed by atoms with Crippen LogP contribution in [0.3, 0.4) is 0 Å². The fraction of sp³-hybridized carbons (Fsp3) is 0.263. The number of aromatic nitrogens is 2. The molecule has 5 heteroatoms. The van der Waals surface area contributed by atoms with E-state index in [0.717, 1.165) is 31.9 Å². The third-order valence-corrected chi connectivity index (χ3v) is 4.43. The van der Waals surface area contributed by atoms with E-state index in [4.69, 9.17) is 4.74 Å². The molecule has 0 spiro atoms. The summed E-state index contributed by atoms with van der Waals surface area (Å²) >= 11 is 0. The van der Waals surface area contributed by atoms with Gasteiger partial charge in [0.1, 0.15) is 5.75 Å². The number of hydrogen-bond donors (Lipinski definition) is 0. The highest BCUT2D eigenvalue weighted by Gasteiger charge is 2.16. The molecule has 24 heavy (non-hydrogen) atoms. The molecule has 0 atom stereocenters. The molecule has 1 fully saturated rings. The van der Waals surface area contributed by atoms with E-state index in [9.17, 15) is 0 Å². The van der Waals surface area contributed by atoms with Gasteiger partial charge in [-0.15, -0.1) is 0 Å². The third kappa shape index (κ3) is 3.03. The molecule has 1 aliphatic heterocycles. The van der Waals surface area contributed by atoms with E-state index in [0.29, 0.717) is 6.01 Å². The molecule has 0 aliphatic carbocycles. The van der Waals surface area contributed by atoms with Gasteiger partial charge in [0, 0.05) is 49.6 Å². The van der Waals surface area contributed by atoms with E-state index in [-0.39, 0.29) is 0 Å².